The second-order valence-electron chi connectivity index (χ2n) is 5.78. The van der Waals surface area contributed by atoms with Crippen LogP contribution in [0.3, 0.4) is 0 Å². The zero-order valence-corrected chi connectivity index (χ0v) is 14.1. The highest BCUT2D eigenvalue weighted by atomic mass is 35.5. The Balaban J connectivity index is 2.02. The number of hydrogen-bond acceptors (Lipinski definition) is 3. The van der Waals surface area contributed by atoms with E-state index >= 15 is 0 Å². The smallest absolute Gasteiger partial charge is 0.0544 e. The zero-order valence-electron chi connectivity index (χ0n) is 13.4. The normalized spacial score (nSPS) is 11.3. The van der Waals surface area contributed by atoms with Gasteiger partial charge in [0.1, 0.15) is 0 Å². The standard InChI is InChI=1S/C18H24ClN3/c1-21(2)12-7-13-22(15-17-9-5-6-11-20-17)14-16-8-3-4-10-18(16)19/h3-6,8-11H,7,12-15H2,1-2H3. The van der Waals surface area contributed by atoms with E-state index in [0.717, 1.165) is 43.3 Å². The average molecular weight is 318 g/mol. The van der Waals surface area contributed by atoms with Crippen LogP contribution in [0.2, 0.25) is 5.02 Å². The van der Waals surface area contributed by atoms with Gasteiger partial charge in [0.2, 0.25) is 0 Å². The summed E-state index contributed by atoms with van der Waals surface area (Å²) in [6, 6.07) is 14.1. The fraction of sp³-hybridized carbons (Fsp3) is 0.389. The van der Waals surface area contributed by atoms with Crippen molar-refractivity contribution in [2.75, 3.05) is 27.2 Å². The maximum Gasteiger partial charge on any atom is 0.0544 e. The van der Waals surface area contributed by atoms with Crippen molar-refractivity contribution in [2.45, 2.75) is 19.5 Å². The van der Waals surface area contributed by atoms with Gasteiger partial charge in [-0.25, -0.2) is 0 Å². The van der Waals surface area contributed by atoms with Crippen molar-refractivity contribution in [3.8, 4) is 0 Å². The van der Waals surface area contributed by atoms with Gasteiger partial charge in [-0.2, -0.15) is 0 Å². The van der Waals surface area contributed by atoms with Gasteiger partial charge >= 0.3 is 0 Å². The zero-order chi connectivity index (χ0) is 15.8. The Hall–Kier alpha value is -1.42. The van der Waals surface area contributed by atoms with Crippen LogP contribution >= 0.6 is 11.6 Å². The lowest BCUT2D eigenvalue weighted by Gasteiger charge is -2.23. The van der Waals surface area contributed by atoms with Crippen LogP contribution in [0, 0.1) is 0 Å². The molecule has 1 aromatic heterocycles. The number of rotatable bonds is 8. The van der Waals surface area contributed by atoms with Gasteiger partial charge in [-0.05, 0) is 50.8 Å². The highest BCUT2D eigenvalue weighted by molar-refractivity contribution is 6.31. The van der Waals surface area contributed by atoms with Crippen molar-refractivity contribution < 1.29 is 0 Å². The van der Waals surface area contributed by atoms with Gasteiger partial charge in [0.25, 0.3) is 0 Å². The SMILES string of the molecule is CN(C)CCCN(Cc1ccccn1)Cc1ccccc1Cl. The Bertz CT molecular complexity index is 557. The van der Waals surface area contributed by atoms with Gasteiger partial charge in [-0.1, -0.05) is 35.9 Å². The fourth-order valence-electron chi connectivity index (χ4n) is 2.41. The first-order chi connectivity index (χ1) is 10.6. The summed E-state index contributed by atoms with van der Waals surface area (Å²) in [4.78, 5) is 9.07. The second-order valence-corrected chi connectivity index (χ2v) is 6.19. The summed E-state index contributed by atoms with van der Waals surface area (Å²) in [6.45, 7) is 3.81. The molecule has 0 radical (unpaired) electrons. The molecule has 0 saturated carbocycles. The molecule has 0 fully saturated rings. The molecule has 1 aromatic carbocycles. The lowest BCUT2D eigenvalue weighted by Crippen LogP contribution is -2.27. The van der Waals surface area contributed by atoms with Crippen LogP contribution < -0.4 is 0 Å². The molecule has 2 aromatic rings. The Labute approximate surface area is 138 Å². The Morgan fingerprint density at radius 1 is 0.955 bits per heavy atom. The third-order valence-corrected chi connectivity index (χ3v) is 3.91. The molecule has 0 aliphatic heterocycles. The number of aromatic nitrogens is 1. The molecule has 0 atom stereocenters. The predicted molar refractivity (Wildman–Crippen MR) is 93.0 cm³/mol. The first-order valence-electron chi connectivity index (χ1n) is 7.65. The predicted octanol–water partition coefficient (Wildman–Crippen LogP) is 3.69. The number of pyridine rings is 1. The van der Waals surface area contributed by atoms with Gasteiger partial charge in [-0.15, -0.1) is 0 Å². The Morgan fingerprint density at radius 2 is 1.73 bits per heavy atom. The molecule has 1 heterocycles. The van der Waals surface area contributed by atoms with E-state index in [1.54, 1.807) is 0 Å². The topological polar surface area (TPSA) is 19.4 Å². The van der Waals surface area contributed by atoms with Crippen LogP contribution in [0.25, 0.3) is 0 Å². The molecule has 0 aliphatic carbocycles. The van der Waals surface area contributed by atoms with Crippen LogP contribution in [0.5, 0.6) is 0 Å². The van der Waals surface area contributed by atoms with Crippen LogP contribution in [0.15, 0.2) is 48.7 Å². The van der Waals surface area contributed by atoms with E-state index in [9.17, 15) is 0 Å². The Kier molecular flexibility index (Phi) is 6.84. The molecule has 118 valence electrons. The number of hydrogen-bond donors (Lipinski definition) is 0. The number of benzene rings is 1. The van der Waals surface area contributed by atoms with Crippen molar-refractivity contribution in [1.29, 1.82) is 0 Å². The summed E-state index contributed by atoms with van der Waals surface area (Å²) in [7, 11) is 4.22. The number of nitrogens with zero attached hydrogens (tertiary/aromatic N) is 3. The van der Waals surface area contributed by atoms with Crippen molar-refractivity contribution in [3.63, 3.8) is 0 Å². The van der Waals surface area contributed by atoms with Gasteiger partial charge in [0.05, 0.1) is 5.69 Å². The van der Waals surface area contributed by atoms with E-state index in [2.05, 4.69) is 41.0 Å². The minimum atomic E-state index is 0.834. The highest BCUT2D eigenvalue weighted by Crippen LogP contribution is 2.18. The molecule has 0 saturated heterocycles. The van der Waals surface area contributed by atoms with E-state index < -0.39 is 0 Å². The Morgan fingerprint density at radius 3 is 2.41 bits per heavy atom. The quantitative estimate of drug-likeness (QED) is 0.740. The summed E-state index contributed by atoms with van der Waals surface area (Å²) >= 11 is 6.31. The molecule has 0 amide bonds. The molecule has 2 rings (SSSR count). The van der Waals surface area contributed by atoms with E-state index in [1.165, 1.54) is 5.56 Å². The molecular weight excluding hydrogens is 294 g/mol. The first kappa shape index (κ1) is 16.9. The van der Waals surface area contributed by atoms with Crippen LogP contribution in [0.1, 0.15) is 17.7 Å². The van der Waals surface area contributed by atoms with E-state index in [1.807, 2.05) is 36.5 Å². The fourth-order valence-corrected chi connectivity index (χ4v) is 2.61. The first-order valence-corrected chi connectivity index (χ1v) is 8.03. The van der Waals surface area contributed by atoms with Gasteiger partial charge < -0.3 is 4.90 Å². The average Bonchev–Trinajstić information content (AvgIpc) is 2.50. The lowest BCUT2D eigenvalue weighted by atomic mass is 10.2. The van der Waals surface area contributed by atoms with Crippen molar-refractivity contribution in [3.05, 3.63) is 64.9 Å². The summed E-state index contributed by atoms with van der Waals surface area (Å²) in [5, 5.41) is 0.834. The minimum absolute atomic E-state index is 0.834. The van der Waals surface area contributed by atoms with Crippen molar-refractivity contribution in [1.82, 2.24) is 14.8 Å². The molecule has 3 nitrogen and oxygen atoms in total. The molecule has 0 aliphatic rings. The molecule has 0 N–H and O–H groups in total. The van der Waals surface area contributed by atoms with Crippen LogP contribution in [-0.4, -0.2) is 42.0 Å². The van der Waals surface area contributed by atoms with E-state index in [-0.39, 0.29) is 0 Å². The van der Waals surface area contributed by atoms with Gasteiger partial charge in [0.15, 0.2) is 0 Å². The third-order valence-electron chi connectivity index (χ3n) is 3.54. The van der Waals surface area contributed by atoms with Crippen molar-refractivity contribution in [2.24, 2.45) is 0 Å². The monoisotopic (exact) mass is 317 g/mol. The lowest BCUT2D eigenvalue weighted by molar-refractivity contribution is 0.237. The maximum atomic E-state index is 6.31. The van der Waals surface area contributed by atoms with Crippen LogP contribution in [0.4, 0.5) is 0 Å². The molecule has 0 spiro atoms. The molecule has 22 heavy (non-hydrogen) atoms. The van der Waals surface area contributed by atoms with E-state index in [4.69, 9.17) is 11.6 Å². The molecule has 4 heteroatoms. The van der Waals surface area contributed by atoms with Gasteiger partial charge in [0, 0.05) is 30.9 Å². The third kappa shape index (κ3) is 5.76. The molecule has 0 bridgehead atoms. The largest absolute Gasteiger partial charge is 0.309 e. The van der Waals surface area contributed by atoms with E-state index in [0.29, 0.717) is 0 Å². The summed E-state index contributed by atoms with van der Waals surface area (Å²) in [5.41, 5.74) is 2.27. The molecule has 0 unspecified atom stereocenters. The summed E-state index contributed by atoms with van der Waals surface area (Å²) in [5.74, 6) is 0. The number of halogens is 1. The molecular formula is C18H24ClN3. The summed E-state index contributed by atoms with van der Waals surface area (Å²) in [6.07, 6.45) is 2.98. The maximum absolute atomic E-state index is 6.31. The minimum Gasteiger partial charge on any atom is -0.309 e. The highest BCUT2D eigenvalue weighted by Gasteiger charge is 2.10. The summed E-state index contributed by atoms with van der Waals surface area (Å²) < 4.78 is 0. The van der Waals surface area contributed by atoms with Gasteiger partial charge in [-0.3, -0.25) is 9.88 Å². The van der Waals surface area contributed by atoms with Crippen LogP contribution in [-0.2, 0) is 13.1 Å². The van der Waals surface area contributed by atoms with Crippen molar-refractivity contribution >= 4 is 11.6 Å². The second kappa shape index (κ2) is 8.89.